The first kappa shape index (κ1) is 23.5. The lowest BCUT2D eigenvalue weighted by Gasteiger charge is -2.27. The van der Waals surface area contributed by atoms with Crippen LogP contribution < -0.4 is 4.90 Å². The second kappa shape index (κ2) is 9.29. The van der Waals surface area contributed by atoms with Gasteiger partial charge in [-0.15, -0.1) is 0 Å². The molecule has 0 aliphatic heterocycles. The van der Waals surface area contributed by atoms with Crippen LogP contribution in [0, 0.1) is 19.7 Å². The van der Waals surface area contributed by atoms with Crippen molar-refractivity contribution in [2.75, 3.05) is 4.90 Å². The number of carbonyl (C=O) groups is 1. The summed E-state index contributed by atoms with van der Waals surface area (Å²) >= 11 is 0. The van der Waals surface area contributed by atoms with Crippen LogP contribution in [-0.2, 0) is 17.8 Å². The third-order valence-electron chi connectivity index (χ3n) is 5.87. The van der Waals surface area contributed by atoms with Crippen molar-refractivity contribution in [2.24, 2.45) is 0 Å². The number of aryl methyl sites for hydroxylation is 1. The highest BCUT2D eigenvalue weighted by Gasteiger charge is 2.26. The van der Waals surface area contributed by atoms with E-state index in [0.29, 0.717) is 12.2 Å². The maximum atomic E-state index is 13.6. The molecule has 2 aromatic carbocycles. The first-order valence-corrected chi connectivity index (χ1v) is 11.4. The molecule has 1 amide bonds. The molecular formula is C28H30FN3O2. The number of benzene rings is 2. The Kier molecular flexibility index (Phi) is 6.42. The van der Waals surface area contributed by atoms with Crippen LogP contribution in [0.5, 0.6) is 0 Å². The van der Waals surface area contributed by atoms with Gasteiger partial charge in [0.2, 0.25) is 0 Å². The van der Waals surface area contributed by atoms with Crippen molar-refractivity contribution in [1.82, 2.24) is 9.55 Å². The number of aromatic nitrogens is 2. The van der Waals surface area contributed by atoms with Crippen LogP contribution in [0.4, 0.5) is 14.9 Å². The van der Waals surface area contributed by atoms with E-state index in [1.807, 2.05) is 45.0 Å². The lowest BCUT2D eigenvalue weighted by atomic mass is 10.1. The number of hydrogen-bond acceptors (Lipinski definition) is 3. The molecule has 34 heavy (non-hydrogen) atoms. The zero-order valence-corrected chi connectivity index (χ0v) is 20.3. The average Bonchev–Trinajstić information content (AvgIpc) is 3.03. The van der Waals surface area contributed by atoms with E-state index >= 15 is 0 Å². The Morgan fingerprint density at radius 3 is 2.35 bits per heavy atom. The van der Waals surface area contributed by atoms with E-state index in [-0.39, 0.29) is 12.4 Å². The van der Waals surface area contributed by atoms with Gasteiger partial charge in [0.05, 0.1) is 17.8 Å². The maximum absolute atomic E-state index is 13.6. The largest absolute Gasteiger partial charge is 0.443 e. The molecule has 0 aliphatic carbocycles. The Balaban J connectivity index is 1.81. The van der Waals surface area contributed by atoms with Gasteiger partial charge in [0.25, 0.3) is 0 Å². The zero-order valence-electron chi connectivity index (χ0n) is 20.3. The lowest BCUT2D eigenvalue weighted by molar-refractivity contribution is 0.0577. The summed E-state index contributed by atoms with van der Waals surface area (Å²) in [5.41, 5.74) is 5.12. The van der Waals surface area contributed by atoms with Crippen LogP contribution in [0.2, 0.25) is 0 Å². The highest BCUT2D eigenvalue weighted by atomic mass is 19.1. The Morgan fingerprint density at radius 2 is 1.71 bits per heavy atom. The van der Waals surface area contributed by atoms with E-state index in [1.165, 1.54) is 28.2 Å². The molecule has 0 spiro atoms. The van der Waals surface area contributed by atoms with Crippen LogP contribution >= 0.6 is 0 Å². The number of hydrogen-bond donors (Lipinski definition) is 0. The third-order valence-corrected chi connectivity index (χ3v) is 5.87. The van der Waals surface area contributed by atoms with Gasteiger partial charge in [-0.1, -0.05) is 30.3 Å². The Bertz CT molecular complexity index is 1310. The van der Waals surface area contributed by atoms with Crippen LogP contribution in [-0.4, -0.2) is 21.2 Å². The summed E-state index contributed by atoms with van der Waals surface area (Å²) in [4.78, 5) is 19.4. The van der Waals surface area contributed by atoms with Crippen LogP contribution in [0.25, 0.3) is 10.9 Å². The van der Waals surface area contributed by atoms with Crippen molar-refractivity contribution in [3.63, 3.8) is 0 Å². The smallest absolute Gasteiger partial charge is 0.415 e. The number of rotatable bonds is 5. The molecule has 0 aliphatic rings. The summed E-state index contributed by atoms with van der Waals surface area (Å²) in [7, 11) is 0. The molecule has 4 rings (SSSR count). The molecule has 0 fully saturated rings. The van der Waals surface area contributed by atoms with Crippen LogP contribution in [0.1, 0.15) is 43.3 Å². The first-order chi connectivity index (χ1) is 16.1. The molecule has 0 bridgehead atoms. The van der Waals surface area contributed by atoms with Gasteiger partial charge in [-0.25, -0.2) is 9.18 Å². The van der Waals surface area contributed by atoms with Gasteiger partial charge >= 0.3 is 6.09 Å². The van der Waals surface area contributed by atoms with Gasteiger partial charge in [0.15, 0.2) is 0 Å². The minimum atomic E-state index is -0.671. The maximum Gasteiger partial charge on any atom is 0.415 e. The van der Waals surface area contributed by atoms with Crippen molar-refractivity contribution >= 4 is 22.7 Å². The van der Waals surface area contributed by atoms with Gasteiger partial charge in [0.1, 0.15) is 11.4 Å². The first-order valence-electron chi connectivity index (χ1n) is 11.4. The summed E-state index contributed by atoms with van der Waals surface area (Å²) in [5.74, 6) is -0.365. The Hall–Kier alpha value is -3.67. The van der Waals surface area contributed by atoms with E-state index in [4.69, 9.17) is 4.74 Å². The fourth-order valence-electron chi connectivity index (χ4n) is 4.09. The van der Waals surface area contributed by atoms with Gasteiger partial charge < -0.3 is 9.30 Å². The third kappa shape index (κ3) is 4.96. The number of amides is 1. The highest BCUT2D eigenvalue weighted by Crippen LogP contribution is 2.30. The number of anilines is 1. The minimum Gasteiger partial charge on any atom is -0.443 e. The summed E-state index contributed by atoms with van der Waals surface area (Å²) in [5, 5.41) is 1.10. The van der Waals surface area contributed by atoms with Crippen LogP contribution in [0.15, 0.2) is 66.9 Å². The molecule has 0 N–H and O–H groups in total. The topological polar surface area (TPSA) is 47.4 Å². The molecule has 6 heteroatoms. The SMILES string of the molecule is Cc1c(C)n(Cc2ccccc2)c2c(CN(C(=O)OC(C)(C)C)c3ccc(F)cc3)nccc12. The van der Waals surface area contributed by atoms with Crippen molar-refractivity contribution in [1.29, 1.82) is 0 Å². The molecule has 2 aromatic heterocycles. The lowest BCUT2D eigenvalue weighted by Crippen LogP contribution is -2.36. The normalized spacial score (nSPS) is 11.6. The molecule has 0 atom stereocenters. The highest BCUT2D eigenvalue weighted by molar-refractivity contribution is 5.91. The fourth-order valence-corrected chi connectivity index (χ4v) is 4.09. The van der Waals surface area contributed by atoms with E-state index in [9.17, 15) is 9.18 Å². The number of halogens is 1. The van der Waals surface area contributed by atoms with E-state index in [2.05, 4.69) is 35.5 Å². The predicted molar refractivity (Wildman–Crippen MR) is 134 cm³/mol. The van der Waals surface area contributed by atoms with Gasteiger partial charge in [-0.2, -0.15) is 0 Å². The second-order valence-electron chi connectivity index (χ2n) is 9.48. The molecule has 0 saturated heterocycles. The number of ether oxygens (including phenoxy) is 1. The standard InChI is InChI=1S/C28H30FN3O2/c1-19-20(2)31(17-21-9-7-6-8-10-21)26-24(19)15-16-30-25(26)18-32(27(33)34-28(3,4)5)23-13-11-22(29)12-14-23/h6-16H,17-18H2,1-5H3. The Labute approximate surface area is 199 Å². The van der Waals surface area contributed by atoms with E-state index in [0.717, 1.165) is 22.3 Å². The van der Waals surface area contributed by atoms with Gasteiger partial charge in [0, 0.05) is 29.5 Å². The molecular weight excluding hydrogens is 429 g/mol. The monoisotopic (exact) mass is 459 g/mol. The molecule has 5 nitrogen and oxygen atoms in total. The zero-order chi connectivity index (χ0) is 24.5. The number of pyridine rings is 1. The molecule has 0 saturated carbocycles. The van der Waals surface area contributed by atoms with Crippen molar-refractivity contribution < 1.29 is 13.9 Å². The van der Waals surface area contributed by atoms with Crippen molar-refractivity contribution in [3.8, 4) is 0 Å². The fraction of sp³-hybridized carbons (Fsp3) is 0.286. The molecule has 4 aromatic rings. The van der Waals surface area contributed by atoms with Crippen LogP contribution in [0.3, 0.4) is 0 Å². The molecule has 176 valence electrons. The second-order valence-corrected chi connectivity index (χ2v) is 9.48. The average molecular weight is 460 g/mol. The summed E-state index contributed by atoms with van der Waals surface area (Å²) in [6.07, 6.45) is 1.27. The predicted octanol–water partition coefficient (Wildman–Crippen LogP) is 6.78. The summed E-state index contributed by atoms with van der Waals surface area (Å²) in [6.45, 7) is 10.6. The summed E-state index contributed by atoms with van der Waals surface area (Å²) in [6, 6.07) is 18.1. The van der Waals surface area contributed by atoms with E-state index < -0.39 is 11.7 Å². The molecule has 0 unspecified atom stereocenters. The van der Waals surface area contributed by atoms with E-state index in [1.54, 1.807) is 18.3 Å². The summed E-state index contributed by atoms with van der Waals surface area (Å²) < 4.78 is 21.5. The number of fused-ring (bicyclic) bond motifs is 1. The number of carbonyl (C=O) groups excluding carboxylic acids is 1. The Morgan fingerprint density at radius 1 is 1.03 bits per heavy atom. The number of nitrogens with zero attached hydrogens (tertiary/aromatic N) is 3. The van der Waals surface area contributed by atoms with Gasteiger partial charge in [-0.05, 0) is 76.1 Å². The minimum absolute atomic E-state index is 0.190. The quantitative estimate of drug-likeness (QED) is 0.330. The van der Waals surface area contributed by atoms with Crippen molar-refractivity contribution in [3.05, 3.63) is 95.2 Å². The molecule has 2 heterocycles. The van der Waals surface area contributed by atoms with Gasteiger partial charge in [-0.3, -0.25) is 9.88 Å². The van der Waals surface area contributed by atoms with Crippen molar-refractivity contribution in [2.45, 2.75) is 53.3 Å². The molecule has 0 radical (unpaired) electrons.